The molecule has 0 radical (unpaired) electrons. The molecule has 4 rings (SSSR count). The summed E-state index contributed by atoms with van der Waals surface area (Å²) >= 11 is 0. The van der Waals surface area contributed by atoms with Crippen LogP contribution in [0.25, 0.3) is 0 Å². The molecule has 37 heavy (non-hydrogen) atoms. The Kier molecular flexibility index (Phi) is 8.70. The Hall–Kier alpha value is -2.71. The molecule has 0 aromatic heterocycles. The van der Waals surface area contributed by atoms with Crippen LogP contribution in [-0.2, 0) is 14.4 Å². The highest BCUT2D eigenvalue weighted by Crippen LogP contribution is 2.57. The second-order valence-electron chi connectivity index (χ2n) is 11.1. The summed E-state index contributed by atoms with van der Waals surface area (Å²) in [4.78, 5) is 37.2. The van der Waals surface area contributed by atoms with Crippen molar-refractivity contribution in [1.82, 2.24) is 10.6 Å². The van der Waals surface area contributed by atoms with Crippen LogP contribution in [0.15, 0.2) is 47.8 Å². The van der Waals surface area contributed by atoms with Gasteiger partial charge in [0.05, 0.1) is 12.2 Å². The van der Waals surface area contributed by atoms with Crippen LogP contribution in [-0.4, -0.2) is 57.7 Å². The molecule has 9 atom stereocenters. The van der Waals surface area contributed by atoms with Gasteiger partial charge in [-0.3, -0.25) is 14.4 Å². The van der Waals surface area contributed by atoms with Gasteiger partial charge < -0.3 is 26.0 Å². The lowest BCUT2D eigenvalue weighted by Crippen LogP contribution is -2.41. The summed E-state index contributed by atoms with van der Waals surface area (Å²) in [6.07, 6.45) is 12.6. The number of Topliss-reactive ketones (excluding diaryl/α,β-unsaturated/α-hetero) is 1. The first-order valence-corrected chi connectivity index (χ1v) is 13.6. The predicted molar refractivity (Wildman–Crippen MR) is 139 cm³/mol. The number of aliphatic hydroxyl groups excluding tert-OH is 3. The number of fused-ring (bicyclic) bond motifs is 4. The smallest absolute Gasteiger partial charge is 0.259 e. The maximum Gasteiger partial charge on any atom is 0.259 e. The van der Waals surface area contributed by atoms with E-state index in [1.807, 2.05) is 6.08 Å². The molecule has 1 unspecified atom stereocenters. The molecule has 2 aliphatic heterocycles. The molecule has 2 fully saturated rings. The first-order chi connectivity index (χ1) is 17.7. The second-order valence-corrected chi connectivity index (χ2v) is 11.1. The SMILES string of the molecule is CCC1C[C@@H]2C[C@H]3/C=C\C=C\C(=O)NCC[C@H](O)[C@@H]4NC(=O)C(=C4O)C(=O)C/C=C\C[C@H](O)[C@H]3[C@@H]2[C@H]1C. The second kappa shape index (κ2) is 11.8. The van der Waals surface area contributed by atoms with E-state index in [1.54, 1.807) is 18.2 Å². The molecule has 8 nitrogen and oxygen atoms in total. The molecule has 5 N–H and O–H groups in total. The van der Waals surface area contributed by atoms with Gasteiger partial charge in [0.15, 0.2) is 5.78 Å². The third-order valence-electron chi connectivity index (χ3n) is 9.01. The number of hydrogen-bond acceptors (Lipinski definition) is 6. The average Bonchev–Trinajstić information content (AvgIpc) is 3.48. The molecule has 0 aromatic rings. The Bertz CT molecular complexity index is 1010. The number of rotatable bonds is 1. The lowest BCUT2D eigenvalue weighted by molar-refractivity contribution is -0.122. The summed E-state index contributed by atoms with van der Waals surface area (Å²) < 4.78 is 0. The minimum absolute atomic E-state index is 0.0858. The van der Waals surface area contributed by atoms with Gasteiger partial charge in [-0.15, -0.1) is 0 Å². The summed E-state index contributed by atoms with van der Waals surface area (Å²) in [7, 11) is 0. The molecule has 2 saturated carbocycles. The van der Waals surface area contributed by atoms with Gasteiger partial charge in [0.25, 0.3) is 5.91 Å². The highest BCUT2D eigenvalue weighted by molar-refractivity contribution is 6.21. The highest BCUT2D eigenvalue weighted by atomic mass is 16.3. The topological polar surface area (TPSA) is 136 Å². The van der Waals surface area contributed by atoms with E-state index in [0.29, 0.717) is 30.1 Å². The summed E-state index contributed by atoms with van der Waals surface area (Å²) in [5.74, 6) is 0.459. The van der Waals surface area contributed by atoms with Crippen LogP contribution >= 0.6 is 0 Å². The van der Waals surface area contributed by atoms with Crippen molar-refractivity contribution in [2.75, 3.05) is 6.54 Å². The lowest BCUT2D eigenvalue weighted by atomic mass is 9.76. The van der Waals surface area contributed by atoms with Gasteiger partial charge in [-0.05, 0) is 61.2 Å². The number of nitrogens with one attached hydrogen (secondary N) is 2. The molecular weight excluding hydrogens is 472 g/mol. The summed E-state index contributed by atoms with van der Waals surface area (Å²) in [6, 6.07) is -1.09. The van der Waals surface area contributed by atoms with Crippen LogP contribution in [0.3, 0.4) is 0 Å². The van der Waals surface area contributed by atoms with Gasteiger partial charge in [0.2, 0.25) is 5.91 Å². The largest absolute Gasteiger partial charge is 0.509 e. The number of aliphatic hydroxyl groups is 3. The Morgan fingerprint density at radius 3 is 2.57 bits per heavy atom. The van der Waals surface area contributed by atoms with Gasteiger partial charge in [-0.25, -0.2) is 0 Å². The fraction of sp³-hybridized carbons (Fsp3) is 0.621. The molecular formula is C29H40N2O6. The van der Waals surface area contributed by atoms with Crippen molar-refractivity contribution in [3.05, 3.63) is 47.8 Å². The van der Waals surface area contributed by atoms with E-state index in [0.717, 1.165) is 12.8 Å². The fourth-order valence-electron chi connectivity index (χ4n) is 7.21. The van der Waals surface area contributed by atoms with Crippen LogP contribution in [0.2, 0.25) is 0 Å². The Morgan fingerprint density at radius 2 is 1.81 bits per heavy atom. The van der Waals surface area contributed by atoms with Crippen LogP contribution < -0.4 is 10.6 Å². The highest BCUT2D eigenvalue weighted by Gasteiger charge is 2.52. The van der Waals surface area contributed by atoms with E-state index in [-0.39, 0.29) is 42.7 Å². The molecule has 8 heteroatoms. The van der Waals surface area contributed by atoms with Crippen molar-refractivity contribution >= 4 is 17.6 Å². The molecule has 0 saturated heterocycles. The van der Waals surface area contributed by atoms with E-state index >= 15 is 0 Å². The van der Waals surface area contributed by atoms with Gasteiger partial charge in [0, 0.05) is 19.0 Å². The van der Waals surface area contributed by atoms with E-state index < -0.39 is 35.7 Å². The van der Waals surface area contributed by atoms with Crippen LogP contribution in [0.1, 0.15) is 52.4 Å². The third kappa shape index (κ3) is 5.75. The van der Waals surface area contributed by atoms with E-state index in [1.165, 1.54) is 12.5 Å². The van der Waals surface area contributed by atoms with Crippen molar-refractivity contribution in [1.29, 1.82) is 0 Å². The maximum atomic E-state index is 12.7. The standard InChI is InChI=1S/C29H40N2O6/c1-3-17-14-19-15-18-8-4-7-11-23(35)30-13-12-22(34)27-28(36)26(29(37)31-27)21(33)10-6-5-9-20(32)25(18)24(19)16(17)2/h4-8,11,16-20,22,24-25,27,32,34,36H,3,9-10,12-15H2,1-2H3,(H,30,35)(H,31,37)/b6-5-,8-4-,11-7+/t16-,17?,18+,19+,20-,22-,24+,25-,27-/m0/s1. The molecule has 202 valence electrons. The number of allylic oxidation sites excluding steroid dienone is 4. The molecule has 2 aliphatic carbocycles. The quantitative estimate of drug-likeness (QED) is 0.271. The monoisotopic (exact) mass is 512 g/mol. The number of carbonyl (C=O) groups is 3. The van der Waals surface area contributed by atoms with Crippen molar-refractivity contribution in [3.63, 3.8) is 0 Å². The number of ketones is 1. The zero-order valence-corrected chi connectivity index (χ0v) is 21.7. The van der Waals surface area contributed by atoms with Crippen LogP contribution in [0.4, 0.5) is 0 Å². The summed E-state index contributed by atoms with van der Waals surface area (Å²) in [5.41, 5.74) is -0.343. The average molecular weight is 513 g/mol. The molecule has 2 amide bonds. The van der Waals surface area contributed by atoms with Crippen LogP contribution in [0.5, 0.6) is 0 Å². The minimum Gasteiger partial charge on any atom is -0.509 e. The van der Waals surface area contributed by atoms with Crippen molar-refractivity contribution in [2.45, 2.75) is 70.6 Å². The molecule has 0 aromatic carbocycles. The Balaban J connectivity index is 1.56. The minimum atomic E-state index is -1.16. The number of amides is 2. The molecule has 2 heterocycles. The molecule has 2 bridgehead atoms. The first-order valence-electron chi connectivity index (χ1n) is 13.6. The molecule has 4 aliphatic rings. The Labute approximate surface area is 218 Å². The van der Waals surface area contributed by atoms with Gasteiger partial charge in [-0.1, -0.05) is 50.6 Å². The van der Waals surface area contributed by atoms with Gasteiger partial charge in [-0.2, -0.15) is 0 Å². The number of carbonyl (C=O) groups excluding carboxylic acids is 3. The van der Waals surface area contributed by atoms with Gasteiger partial charge in [0.1, 0.15) is 17.4 Å². The molecule has 0 spiro atoms. The zero-order chi connectivity index (χ0) is 26.7. The zero-order valence-electron chi connectivity index (χ0n) is 21.7. The predicted octanol–water partition coefficient (Wildman–Crippen LogP) is 2.49. The van der Waals surface area contributed by atoms with E-state index in [4.69, 9.17) is 0 Å². The fourth-order valence-corrected chi connectivity index (χ4v) is 7.21. The van der Waals surface area contributed by atoms with Crippen molar-refractivity contribution in [3.8, 4) is 0 Å². The van der Waals surface area contributed by atoms with Crippen molar-refractivity contribution in [2.24, 2.45) is 35.5 Å². The van der Waals surface area contributed by atoms with Gasteiger partial charge >= 0.3 is 0 Å². The number of hydrogen-bond donors (Lipinski definition) is 5. The lowest BCUT2D eigenvalue weighted by Gasteiger charge is -2.31. The van der Waals surface area contributed by atoms with Crippen molar-refractivity contribution < 1.29 is 29.7 Å². The third-order valence-corrected chi connectivity index (χ3v) is 9.01. The van der Waals surface area contributed by atoms with E-state index in [2.05, 4.69) is 30.6 Å². The summed E-state index contributed by atoms with van der Waals surface area (Å²) in [5, 5.41) is 37.3. The summed E-state index contributed by atoms with van der Waals surface area (Å²) in [6.45, 7) is 4.68. The first kappa shape index (κ1) is 27.3. The maximum absolute atomic E-state index is 12.7. The van der Waals surface area contributed by atoms with Crippen LogP contribution in [0, 0.1) is 35.5 Å². The normalized spacial score (nSPS) is 41.9. The van der Waals surface area contributed by atoms with E-state index in [9.17, 15) is 29.7 Å². The Morgan fingerprint density at radius 1 is 1.03 bits per heavy atom.